The van der Waals surface area contributed by atoms with Gasteiger partial charge in [-0.05, 0) is 49.5 Å². The standard InChI is InChI=1S/C20H23N7OS/c1-14-18(29-24-23-14)20(28)27-10-8-25(9-11-27)15-4-5-17-16(12-15)19(22-13-21-17)26-6-2-3-7-26/h4-5,12-13H,2-3,6-11H2,1H3. The second-order valence-electron chi connectivity index (χ2n) is 7.56. The molecule has 1 aromatic carbocycles. The summed E-state index contributed by atoms with van der Waals surface area (Å²) in [6, 6.07) is 6.41. The highest BCUT2D eigenvalue weighted by Crippen LogP contribution is 2.30. The number of carbonyl (C=O) groups is 1. The van der Waals surface area contributed by atoms with Gasteiger partial charge in [-0.15, -0.1) is 5.10 Å². The molecule has 0 radical (unpaired) electrons. The van der Waals surface area contributed by atoms with Crippen LogP contribution in [0.1, 0.15) is 28.2 Å². The minimum absolute atomic E-state index is 0.0420. The van der Waals surface area contributed by atoms with Crippen molar-refractivity contribution in [3.8, 4) is 0 Å². The summed E-state index contributed by atoms with van der Waals surface area (Å²) in [6.45, 7) is 6.94. The van der Waals surface area contributed by atoms with Gasteiger partial charge < -0.3 is 14.7 Å². The summed E-state index contributed by atoms with van der Waals surface area (Å²) in [5.74, 6) is 1.08. The molecule has 0 unspecified atom stereocenters. The monoisotopic (exact) mass is 409 g/mol. The number of piperazine rings is 1. The number of amides is 1. The van der Waals surface area contributed by atoms with E-state index in [0.29, 0.717) is 23.7 Å². The van der Waals surface area contributed by atoms with Gasteiger partial charge in [0.1, 0.15) is 17.0 Å². The Labute approximate surface area is 173 Å². The highest BCUT2D eigenvalue weighted by atomic mass is 32.1. The molecule has 0 atom stereocenters. The van der Waals surface area contributed by atoms with Crippen LogP contribution in [0, 0.1) is 6.92 Å². The van der Waals surface area contributed by atoms with Crippen LogP contribution in [0.25, 0.3) is 10.9 Å². The predicted molar refractivity (Wildman–Crippen MR) is 114 cm³/mol. The maximum atomic E-state index is 12.7. The summed E-state index contributed by atoms with van der Waals surface area (Å²) >= 11 is 1.18. The van der Waals surface area contributed by atoms with Crippen molar-refractivity contribution in [3.05, 3.63) is 35.1 Å². The lowest BCUT2D eigenvalue weighted by Gasteiger charge is -2.36. The number of fused-ring (bicyclic) bond motifs is 1. The molecule has 2 fully saturated rings. The minimum Gasteiger partial charge on any atom is -0.368 e. The lowest BCUT2D eigenvalue weighted by Crippen LogP contribution is -2.48. The molecular weight excluding hydrogens is 386 g/mol. The molecule has 29 heavy (non-hydrogen) atoms. The molecule has 2 aliphatic rings. The maximum absolute atomic E-state index is 12.7. The Hall–Kier alpha value is -2.81. The van der Waals surface area contributed by atoms with Gasteiger partial charge in [0.05, 0.1) is 11.2 Å². The summed E-state index contributed by atoms with van der Waals surface area (Å²) in [5, 5.41) is 5.07. The van der Waals surface area contributed by atoms with Crippen LogP contribution >= 0.6 is 11.5 Å². The van der Waals surface area contributed by atoms with Gasteiger partial charge in [-0.2, -0.15) is 0 Å². The van der Waals surface area contributed by atoms with Gasteiger partial charge in [0.2, 0.25) is 0 Å². The second kappa shape index (κ2) is 7.55. The highest BCUT2D eigenvalue weighted by molar-refractivity contribution is 7.07. The number of nitrogens with zero attached hydrogens (tertiary/aromatic N) is 7. The van der Waals surface area contributed by atoms with E-state index in [1.807, 2.05) is 11.8 Å². The second-order valence-corrected chi connectivity index (χ2v) is 8.31. The Bertz CT molecular complexity index is 1040. The maximum Gasteiger partial charge on any atom is 0.267 e. The van der Waals surface area contributed by atoms with Crippen molar-refractivity contribution in [2.75, 3.05) is 49.1 Å². The number of aryl methyl sites for hydroxylation is 1. The number of carbonyl (C=O) groups excluding carboxylic acids is 1. The van der Waals surface area contributed by atoms with E-state index in [2.05, 4.69) is 47.6 Å². The molecule has 9 heteroatoms. The van der Waals surface area contributed by atoms with Crippen molar-refractivity contribution in [3.63, 3.8) is 0 Å². The molecule has 0 spiro atoms. The third-order valence-electron chi connectivity index (χ3n) is 5.78. The van der Waals surface area contributed by atoms with Crippen LogP contribution in [-0.4, -0.2) is 69.6 Å². The summed E-state index contributed by atoms with van der Waals surface area (Å²) in [6.07, 6.45) is 4.10. The summed E-state index contributed by atoms with van der Waals surface area (Å²) in [5.41, 5.74) is 2.86. The van der Waals surface area contributed by atoms with Crippen LogP contribution in [0.4, 0.5) is 11.5 Å². The molecule has 1 amide bonds. The van der Waals surface area contributed by atoms with Gasteiger partial charge in [-0.1, -0.05) is 4.49 Å². The number of rotatable bonds is 3. The molecule has 2 aromatic heterocycles. The first-order valence-electron chi connectivity index (χ1n) is 10.0. The quantitative estimate of drug-likeness (QED) is 0.657. The molecule has 3 aromatic rings. The zero-order valence-corrected chi connectivity index (χ0v) is 17.2. The van der Waals surface area contributed by atoms with Gasteiger partial charge in [0.25, 0.3) is 5.91 Å². The van der Waals surface area contributed by atoms with E-state index < -0.39 is 0 Å². The van der Waals surface area contributed by atoms with Crippen LogP contribution < -0.4 is 9.80 Å². The molecule has 2 saturated heterocycles. The average molecular weight is 410 g/mol. The van der Waals surface area contributed by atoms with Crippen LogP contribution in [0.3, 0.4) is 0 Å². The predicted octanol–water partition coefficient (Wildman–Crippen LogP) is 2.35. The van der Waals surface area contributed by atoms with Crippen molar-refractivity contribution in [1.82, 2.24) is 24.5 Å². The number of hydrogen-bond acceptors (Lipinski definition) is 8. The third kappa shape index (κ3) is 3.39. The molecule has 4 heterocycles. The fourth-order valence-corrected chi connectivity index (χ4v) is 4.77. The van der Waals surface area contributed by atoms with Gasteiger partial charge >= 0.3 is 0 Å². The molecule has 8 nitrogen and oxygen atoms in total. The van der Waals surface area contributed by atoms with Gasteiger partial charge in [0, 0.05) is 50.3 Å². The Balaban J connectivity index is 1.35. The van der Waals surface area contributed by atoms with Crippen molar-refractivity contribution < 1.29 is 4.79 Å². The lowest BCUT2D eigenvalue weighted by atomic mass is 10.1. The minimum atomic E-state index is 0.0420. The molecule has 150 valence electrons. The average Bonchev–Trinajstić information content (AvgIpc) is 3.44. The van der Waals surface area contributed by atoms with Gasteiger partial charge in [-0.25, -0.2) is 9.97 Å². The van der Waals surface area contributed by atoms with E-state index in [4.69, 9.17) is 0 Å². The van der Waals surface area contributed by atoms with E-state index in [-0.39, 0.29) is 5.91 Å². The fraction of sp³-hybridized carbons (Fsp3) is 0.450. The molecule has 0 N–H and O–H groups in total. The van der Waals surface area contributed by atoms with Crippen LogP contribution in [0.5, 0.6) is 0 Å². The SMILES string of the molecule is Cc1nnsc1C(=O)N1CCN(c2ccc3ncnc(N4CCCC4)c3c2)CC1. The molecular formula is C20H23N7OS. The first-order chi connectivity index (χ1) is 14.2. The van der Waals surface area contributed by atoms with Crippen LogP contribution in [0.15, 0.2) is 24.5 Å². The normalized spacial score (nSPS) is 17.3. The van der Waals surface area contributed by atoms with E-state index in [0.717, 1.165) is 48.6 Å². The van der Waals surface area contributed by atoms with Crippen molar-refractivity contribution in [2.24, 2.45) is 0 Å². The van der Waals surface area contributed by atoms with Crippen molar-refractivity contribution in [1.29, 1.82) is 0 Å². The topological polar surface area (TPSA) is 78.4 Å². The number of hydrogen-bond donors (Lipinski definition) is 0. The van der Waals surface area contributed by atoms with Crippen molar-refractivity contribution >= 4 is 39.8 Å². The van der Waals surface area contributed by atoms with E-state index in [1.54, 1.807) is 6.33 Å². The summed E-state index contributed by atoms with van der Waals surface area (Å²) in [7, 11) is 0. The van der Waals surface area contributed by atoms with E-state index in [1.165, 1.54) is 24.4 Å². The zero-order chi connectivity index (χ0) is 19.8. The molecule has 2 aliphatic heterocycles. The Kier molecular flexibility index (Phi) is 4.75. The largest absolute Gasteiger partial charge is 0.368 e. The van der Waals surface area contributed by atoms with Crippen molar-refractivity contribution in [2.45, 2.75) is 19.8 Å². The molecule has 0 aliphatic carbocycles. The molecule has 5 rings (SSSR count). The zero-order valence-electron chi connectivity index (χ0n) is 16.4. The number of aromatic nitrogens is 4. The lowest BCUT2D eigenvalue weighted by molar-refractivity contribution is 0.0750. The number of benzene rings is 1. The van der Waals surface area contributed by atoms with E-state index >= 15 is 0 Å². The Morgan fingerprint density at radius 2 is 1.79 bits per heavy atom. The molecule has 0 saturated carbocycles. The van der Waals surface area contributed by atoms with Crippen LogP contribution in [0.2, 0.25) is 0 Å². The smallest absolute Gasteiger partial charge is 0.267 e. The Morgan fingerprint density at radius 3 is 2.52 bits per heavy atom. The van der Waals surface area contributed by atoms with Crippen LogP contribution in [-0.2, 0) is 0 Å². The third-order valence-corrected chi connectivity index (χ3v) is 6.60. The summed E-state index contributed by atoms with van der Waals surface area (Å²) in [4.78, 5) is 29.0. The molecule has 0 bridgehead atoms. The fourth-order valence-electron chi connectivity index (χ4n) is 4.15. The first kappa shape index (κ1) is 18.2. The Morgan fingerprint density at radius 1 is 1.00 bits per heavy atom. The van der Waals surface area contributed by atoms with E-state index in [9.17, 15) is 4.79 Å². The van der Waals surface area contributed by atoms with Gasteiger partial charge in [-0.3, -0.25) is 4.79 Å². The first-order valence-corrected chi connectivity index (χ1v) is 10.8. The van der Waals surface area contributed by atoms with Gasteiger partial charge in [0.15, 0.2) is 0 Å². The number of anilines is 2. The highest BCUT2D eigenvalue weighted by Gasteiger charge is 2.25. The summed E-state index contributed by atoms with van der Waals surface area (Å²) < 4.78 is 3.89.